The first-order chi connectivity index (χ1) is 9.99. The molecule has 0 aliphatic rings. The fourth-order valence-corrected chi connectivity index (χ4v) is 1.78. The first-order valence-corrected chi connectivity index (χ1v) is 6.83. The van der Waals surface area contributed by atoms with Crippen LogP contribution in [0.2, 0.25) is 0 Å². The van der Waals surface area contributed by atoms with Crippen molar-refractivity contribution in [2.75, 3.05) is 13.7 Å². The van der Waals surface area contributed by atoms with Gasteiger partial charge in [-0.3, -0.25) is 9.59 Å². The van der Waals surface area contributed by atoms with E-state index in [1.54, 1.807) is 37.5 Å². The minimum absolute atomic E-state index is 0.0167. The predicted octanol–water partition coefficient (Wildman–Crippen LogP) is 1.75. The molecule has 2 amide bonds. The smallest absolute Gasteiger partial charge is 0.251 e. The Balaban J connectivity index is 2.75. The van der Waals surface area contributed by atoms with Gasteiger partial charge in [0.15, 0.2) is 0 Å². The van der Waals surface area contributed by atoms with Gasteiger partial charge in [-0.05, 0) is 30.2 Å². The summed E-state index contributed by atoms with van der Waals surface area (Å²) in [7, 11) is 1.56. The quantitative estimate of drug-likeness (QED) is 0.752. The van der Waals surface area contributed by atoms with E-state index >= 15 is 0 Å². The molecule has 2 N–H and O–H groups in total. The second-order valence-electron chi connectivity index (χ2n) is 4.96. The maximum absolute atomic E-state index is 12.2. The van der Waals surface area contributed by atoms with Crippen LogP contribution >= 0.6 is 0 Å². The highest BCUT2D eigenvalue weighted by atomic mass is 16.5. The van der Waals surface area contributed by atoms with Crippen LogP contribution < -0.4 is 15.4 Å². The topological polar surface area (TPSA) is 67.4 Å². The number of nitrogens with one attached hydrogen (secondary N) is 2. The van der Waals surface area contributed by atoms with Crippen LogP contribution in [0.25, 0.3) is 0 Å². The maximum atomic E-state index is 12.2. The van der Waals surface area contributed by atoms with Gasteiger partial charge in [0.1, 0.15) is 11.8 Å². The van der Waals surface area contributed by atoms with E-state index in [0.29, 0.717) is 17.9 Å². The van der Waals surface area contributed by atoms with Gasteiger partial charge < -0.3 is 15.4 Å². The summed E-state index contributed by atoms with van der Waals surface area (Å²) in [6, 6.07) is 6.15. The highest BCUT2D eigenvalue weighted by Gasteiger charge is 2.24. The molecule has 5 heteroatoms. The fourth-order valence-electron chi connectivity index (χ4n) is 1.78. The molecule has 0 saturated heterocycles. The summed E-state index contributed by atoms with van der Waals surface area (Å²) in [5.74, 6) is 0.157. The van der Waals surface area contributed by atoms with Crippen LogP contribution in [-0.2, 0) is 4.79 Å². The SMILES string of the molecule is C=CCNC(=O)[C@@H](NC(=O)c1ccc(OC)cc1)C(C)C. The summed E-state index contributed by atoms with van der Waals surface area (Å²) in [4.78, 5) is 24.2. The average Bonchev–Trinajstić information content (AvgIpc) is 2.49. The molecule has 1 aromatic carbocycles. The third-order valence-electron chi connectivity index (χ3n) is 3.01. The number of methoxy groups -OCH3 is 1. The van der Waals surface area contributed by atoms with Crippen molar-refractivity contribution in [2.24, 2.45) is 5.92 Å². The van der Waals surface area contributed by atoms with Crippen molar-refractivity contribution in [2.45, 2.75) is 19.9 Å². The molecule has 0 bridgehead atoms. The van der Waals surface area contributed by atoms with Gasteiger partial charge in [-0.1, -0.05) is 19.9 Å². The number of ether oxygens (including phenoxy) is 1. The third-order valence-corrected chi connectivity index (χ3v) is 3.01. The second-order valence-corrected chi connectivity index (χ2v) is 4.96. The lowest BCUT2D eigenvalue weighted by Gasteiger charge is -2.21. The molecule has 0 spiro atoms. The van der Waals surface area contributed by atoms with Gasteiger partial charge in [-0.2, -0.15) is 0 Å². The van der Waals surface area contributed by atoms with Crippen LogP contribution in [0, 0.1) is 5.92 Å². The van der Waals surface area contributed by atoms with Gasteiger partial charge in [0, 0.05) is 12.1 Å². The Kier molecular flexibility index (Phi) is 6.46. The summed E-state index contributed by atoms with van der Waals surface area (Å²) in [6.07, 6.45) is 1.60. The molecular formula is C16H22N2O3. The summed E-state index contributed by atoms with van der Waals surface area (Å²) in [5.41, 5.74) is 0.484. The van der Waals surface area contributed by atoms with Crippen molar-refractivity contribution >= 4 is 11.8 Å². The molecule has 1 rings (SSSR count). The average molecular weight is 290 g/mol. The number of amides is 2. The number of carbonyl (C=O) groups is 2. The minimum Gasteiger partial charge on any atom is -0.497 e. The normalized spacial score (nSPS) is 11.6. The molecule has 0 radical (unpaired) electrons. The maximum Gasteiger partial charge on any atom is 0.251 e. The minimum atomic E-state index is -0.584. The Labute approximate surface area is 125 Å². The predicted molar refractivity (Wildman–Crippen MR) is 82.3 cm³/mol. The molecule has 0 aliphatic heterocycles. The van der Waals surface area contributed by atoms with Crippen LogP contribution in [0.15, 0.2) is 36.9 Å². The standard InChI is InChI=1S/C16H22N2O3/c1-5-10-17-16(20)14(11(2)3)18-15(19)12-6-8-13(21-4)9-7-12/h5-9,11,14H,1,10H2,2-4H3,(H,17,20)(H,18,19)/t14-/m0/s1. The van der Waals surface area contributed by atoms with Gasteiger partial charge in [0.05, 0.1) is 7.11 Å². The Morgan fingerprint density at radius 3 is 2.38 bits per heavy atom. The fraction of sp³-hybridized carbons (Fsp3) is 0.375. The summed E-state index contributed by atoms with van der Waals surface area (Å²) < 4.78 is 5.05. The van der Waals surface area contributed by atoms with Gasteiger partial charge >= 0.3 is 0 Å². The van der Waals surface area contributed by atoms with Crippen LogP contribution in [0.4, 0.5) is 0 Å². The summed E-state index contributed by atoms with van der Waals surface area (Å²) in [5, 5.41) is 5.45. The number of carbonyl (C=O) groups excluding carboxylic acids is 2. The lowest BCUT2D eigenvalue weighted by atomic mass is 10.0. The third kappa shape index (κ3) is 4.95. The van der Waals surface area contributed by atoms with E-state index < -0.39 is 6.04 Å². The van der Waals surface area contributed by atoms with E-state index in [-0.39, 0.29) is 17.7 Å². The van der Waals surface area contributed by atoms with E-state index in [2.05, 4.69) is 17.2 Å². The highest BCUT2D eigenvalue weighted by molar-refractivity contribution is 5.97. The first kappa shape index (κ1) is 16.8. The molecule has 21 heavy (non-hydrogen) atoms. The van der Waals surface area contributed by atoms with Crippen LogP contribution in [0.5, 0.6) is 5.75 Å². The van der Waals surface area contributed by atoms with Gasteiger partial charge in [0.25, 0.3) is 5.91 Å². The van der Waals surface area contributed by atoms with Crippen molar-refractivity contribution in [3.63, 3.8) is 0 Å². The van der Waals surface area contributed by atoms with Gasteiger partial charge in [-0.15, -0.1) is 6.58 Å². The molecule has 1 aromatic rings. The van der Waals surface area contributed by atoms with E-state index in [1.165, 1.54) is 0 Å². The molecule has 0 aliphatic carbocycles. The van der Waals surface area contributed by atoms with Crippen molar-refractivity contribution in [3.8, 4) is 5.75 Å². The Morgan fingerprint density at radius 1 is 1.29 bits per heavy atom. The van der Waals surface area contributed by atoms with Crippen molar-refractivity contribution in [1.82, 2.24) is 10.6 Å². The molecule has 0 heterocycles. The van der Waals surface area contributed by atoms with E-state index in [1.807, 2.05) is 13.8 Å². The van der Waals surface area contributed by atoms with E-state index in [0.717, 1.165) is 0 Å². The Morgan fingerprint density at radius 2 is 1.90 bits per heavy atom. The zero-order chi connectivity index (χ0) is 15.8. The molecule has 0 unspecified atom stereocenters. The molecule has 114 valence electrons. The highest BCUT2D eigenvalue weighted by Crippen LogP contribution is 2.12. The Bertz CT molecular complexity index is 495. The zero-order valence-corrected chi connectivity index (χ0v) is 12.7. The van der Waals surface area contributed by atoms with Crippen molar-refractivity contribution < 1.29 is 14.3 Å². The molecule has 0 saturated carbocycles. The number of benzene rings is 1. The monoisotopic (exact) mass is 290 g/mol. The van der Waals surface area contributed by atoms with Crippen LogP contribution in [-0.4, -0.2) is 31.5 Å². The summed E-state index contributed by atoms with van der Waals surface area (Å²) >= 11 is 0. The van der Waals surface area contributed by atoms with Gasteiger partial charge in [0.2, 0.25) is 5.91 Å². The molecule has 1 atom stereocenters. The zero-order valence-electron chi connectivity index (χ0n) is 12.7. The Hall–Kier alpha value is -2.30. The molecular weight excluding hydrogens is 268 g/mol. The van der Waals surface area contributed by atoms with Crippen LogP contribution in [0.3, 0.4) is 0 Å². The lowest BCUT2D eigenvalue weighted by Crippen LogP contribution is -2.49. The van der Waals surface area contributed by atoms with Crippen LogP contribution in [0.1, 0.15) is 24.2 Å². The summed E-state index contributed by atoms with van der Waals surface area (Å²) in [6.45, 7) is 7.69. The molecule has 5 nitrogen and oxygen atoms in total. The van der Waals surface area contributed by atoms with E-state index in [9.17, 15) is 9.59 Å². The molecule has 0 fully saturated rings. The van der Waals surface area contributed by atoms with Crippen molar-refractivity contribution in [1.29, 1.82) is 0 Å². The lowest BCUT2D eigenvalue weighted by molar-refractivity contribution is -0.123. The van der Waals surface area contributed by atoms with Gasteiger partial charge in [-0.25, -0.2) is 0 Å². The first-order valence-electron chi connectivity index (χ1n) is 6.83. The number of hydrogen-bond acceptors (Lipinski definition) is 3. The largest absolute Gasteiger partial charge is 0.497 e. The van der Waals surface area contributed by atoms with E-state index in [4.69, 9.17) is 4.74 Å². The molecule has 0 aromatic heterocycles. The van der Waals surface area contributed by atoms with Crippen molar-refractivity contribution in [3.05, 3.63) is 42.5 Å². The second kappa shape index (κ2) is 8.09. The number of rotatable bonds is 7. The number of hydrogen-bond donors (Lipinski definition) is 2.